The minimum Gasteiger partial charge on any atom is -0.289 e. The number of rotatable bonds is 3. The highest BCUT2D eigenvalue weighted by Crippen LogP contribution is 2.26. The molecule has 22 heavy (non-hydrogen) atoms. The van der Waals surface area contributed by atoms with E-state index in [0.717, 1.165) is 16.3 Å². The van der Waals surface area contributed by atoms with Gasteiger partial charge in [0.25, 0.3) is 5.69 Å². The van der Waals surface area contributed by atoms with Crippen molar-refractivity contribution in [3.8, 4) is 0 Å². The van der Waals surface area contributed by atoms with E-state index < -0.39 is 4.92 Å². The minimum absolute atomic E-state index is 0.0799. The molecule has 3 rings (SSSR count). The standard InChI is InChI=1S/C18H13NO3/c1-12-9-10-13-5-2-3-8-16(13)17(12)18(20)14-6-4-7-15(11-14)19(21)22/h2-11H,1H3. The number of nitro benzene ring substituents is 1. The summed E-state index contributed by atoms with van der Waals surface area (Å²) in [6, 6.07) is 17.3. The average Bonchev–Trinajstić information content (AvgIpc) is 2.54. The van der Waals surface area contributed by atoms with Crippen molar-refractivity contribution < 1.29 is 9.72 Å². The molecule has 0 unspecified atom stereocenters. The maximum absolute atomic E-state index is 12.8. The number of hydrogen-bond acceptors (Lipinski definition) is 3. The fourth-order valence-electron chi connectivity index (χ4n) is 2.59. The quantitative estimate of drug-likeness (QED) is 0.411. The third-order valence-corrected chi connectivity index (χ3v) is 3.68. The van der Waals surface area contributed by atoms with Crippen LogP contribution in [0.2, 0.25) is 0 Å². The van der Waals surface area contributed by atoms with E-state index in [9.17, 15) is 14.9 Å². The van der Waals surface area contributed by atoms with Crippen LogP contribution >= 0.6 is 0 Å². The number of carbonyl (C=O) groups excluding carboxylic acids is 1. The van der Waals surface area contributed by atoms with Gasteiger partial charge in [0.1, 0.15) is 0 Å². The summed E-state index contributed by atoms with van der Waals surface area (Å²) in [4.78, 5) is 23.2. The normalized spacial score (nSPS) is 10.6. The Morgan fingerprint density at radius 3 is 2.55 bits per heavy atom. The third-order valence-electron chi connectivity index (χ3n) is 3.68. The smallest absolute Gasteiger partial charge is 0.270 e. The summed E-state index contributed by atoms with van der Waals surface area (Å²) >= 11 is 0. The molecule has 0 bridgehead atoms. The molecule has 3 aromatic rings. The Bertz CT molecular complexity index is 900. The molecular formula is C18H13NO3. The first kappa shape index (κ1) is 13.9. The highest BCUT2D eigenvalue weighted by atomic mass is 16.6. The molecule has 0 aliphatic rings. The second-order valence-corrected chi connectivity index (χ2v) is 5.12. The van der Waals surface area contributed by atoms with E-state index >= 15 is 0 Å². The lowest BCUT2D eigenvalue weighted by molar-refractivity contribution is -0.384. The van der Waals surface area contributed by atoms with Crippen LogP contribution in [-0.2, 0) is 0 Å². The molecule has 0 aromatic heterocycles. The molecule has 0 amide bonds. The molecule has 108 valence electrons. The number of benzene rings is 3. The number of ketones is 1. The summed E-state index contributed by atoms with van der Waals surface area (Å²) in [5.41, 5.74) is 1.70. The highest BCUT2D eigenvalue weighted by molar-refractivity contribution is 6.17. The van der Waals surface area contributed by atoms with E-state index in [4.69, 9.17) is 0 Å². The van der Waals surface area contributed by atoms with Gasteiger partial charge in [0.15, 0.2) is 5.78 Å². The summed E-state index contributed by atoms with van der Waals surface area (Å²) in [7, 11) is 0. The lowest BCUT2D eigenvalue weighted by Crippen LogP contribution is -2.05. The van der Waals surface area contributed by atoms with Crippen LogP contribution in [0.4, 0.5) is 5.69 Å². The number of carbonyl (C=O) groups is 1. The van der Waals surface area contributed by atoms with Crippen molar-refractivity contribution in [2.75, 3.05) is 0 Å². The molecule has 0 heterocycles. The predicted molar refractivity (Wildman–Crippen MR) is 85.2 cm³/mol. The van der Waals surface area contributed by atoms with E-state index in [0.29, 0.717) is 11.1 Å². The Balaban J connectivity index is 2.19. The molecule has 0 radical (unpaired) electrons. The average molecular weight is 291 g/mol. The van der Waals surface area contributed by atoms with Crippen molar-refractivity contribution in [2.24, 2.45) is 0 Å². The molecule has 0 saturated heterocycles. The van der Waals surface area contributed by atoms with Crippen LogP contribution in [0.1, 0.15) is 21.5 Å². The summed E-state index contributed by atoms with van der Waals surface area (Å²) in [5, 5.41) is 12.7. The van der Waals surface area contributed by atoms with Gasteiger partial charge >= 0.3 is 0 Å². The van der Waals surface area contributed by atoms with Crippen molar-refractivity contribution in [1.29, 1.82) is 0 Å². The SMILES string of the molecule is Cc1ccc2ccccc2c1C(=O)c1cccc([N+](=O)[O-])c1. The van der Waals surface area contributed by atoms with Crippen LogP contribution in [0.15, 0.2) is 60.7 Å². The van der Waals surface area contributed by atoms with Crippen LogP contribution in [0.25, 0.3) is 10.8 Å². The van der Waals surface area contributed by atoms with Crippen LogP contribution in [0.3, 0.4) is 0 Å². The first-order valence-electron chi connectivity index (χ1n) is 6.85. The number of non-ortho nitro benzene ring substituents is 1. The molecular weight excluding hydrogens is 278 g/mol. The molecule has 0 N–H and O–H groups in total. The highest BCUT2D eigenvalue weighted by Gasteiger charge is 2.17. The van der Waals surface area contributed by atoms with Gasteiger partial charge < -0.3 is 0 Å². The van der Waals surface area contributed by atoms with E-state index in [-0.39, 0.29) is 11.5 Å². The number of nitro groups is 1. The number of fused-ring (bicyclic) bond motifs is 1. The monoisotopic (exact) mass is 291 g/mol. The Morgan fingerprint density at radius 1 is 1.00 bits per heavy atom. The van der Waals surface area contributed by atoms with Crippen molar-refractivity contribution in [3.05, 3.63) is 87.5 Å². The fraction of sp³-hybridized carbons (Fsp3) is 0.0556. The zero-order valence-electron chi connectivity index (χ0n) is 11.9. The third kappa shape index (κ3) is 2.35. The van der Waals surface area contributed by atoms with Crippen LogP contribution in [0, 0.1) is 17.0 Å². The van der Waals surface area contributed by atoms with Crippen molar-refractivity contribution >= 4 is 22.2 Å². The van der Waals surface area contributed by atoms with Gasteiger partial charge in [-0.15, -0.1) is 0 Å². The van der Waals surface area contributed by atoms with Gasteiger partial charge in [-0.1, -0.05) is 48.5 Å². The molecule has 0 spiro atoms. The van der Waals surface area contributed by atoms with Gasteiger partial charge in [0.2, 0.25) is 0 Å². The molecule has 4 heteroatoms. The second-order valence-electron chi connectivity index (χ2n) is 5.12. The van der Waals surface area contributed by atoms with Gasteiger partial charge in [-0.2, -0.15) is 0 Å². The second kappa shape index (κ2) is 5.41. The van der Waals surface area contributed by atoms with Crippen LogP contribution in [0.5, 0.6) is 0 Å². The molecule has 0 fully saturated rings. The summed E-state index contributed by atoms with van der Waals surface area (Å²) in [6.07, 6.45) is 0. The maximum atomic E-state index is 12.8. The lowest BCUT2D eigenvalue weighted by Gasteiger charge is -2.09. The molecule has 0 atom stereocenters. The van der Waals surface area contributed by atoms with Gasteiger partial charge in [0.05, 0.1) is 4.92 Å². The van der Waals surface area contributed by atoms with E-state index in [1.165, 1.54) is 18.2 Å². The van der Waals surface area contributed by atoms with Gasteiger partial charge in [-0.3, -0.25) is 14.9 Å². The van der Waals surface area contributed by atoms with Gasteiger partial charge in [0, 0.05) is 23.3 Å². The van der Waals surface area contributed by atoms with Gasteiger partial charge in [-0.05, 0) is 23.3 Å². The van der Waals surface area contributed by atoms with Crippen molar-refractivity contribution in [3.63, 3.8) is 0 Å². The van der Waals surface area contributed by atoms with Crippen molar-refractivity contribution in [1.82, 2.24) is 0 Å². The minimum atomic E-state index is -0.493. The number of hydrogen-bond donors (Lipinski definition) is 0. The molecule has 0 aliphatic heterocycles. The van der Waals surface area contributed by atoms with E-state index in [1.807, 2.05) is 43.3 Å². The topological polar surface area (TPSA) is 60.2 Å². The summed E-state index contributed by atoms with van der Waals surface area (Å²) in [6.45, 7) is 1.87. The van der Waals surface area contributed by atoms with Crippen molar-refractivity contribution in [2.45, 2.75) is 6.92 Å². The van der Waals surface area contributed by atoms with E-state index in [2.05, 4.69) is 0 Å². The molecule has 4 nitrogen and oxygen atoms in total. The lowest BCUT2D eigenvalue weighted by atomic mass is 9.93. The number of nitrogens with zero attached hydrogens (tertiary/aromatic N) is 1. The fourth-order valence-corrected chi connectivity index (χ4v) is 2.59. The first-order valence-corrected chi connectivity index (χ1v) is 6.85. The summed E-state index contributed by atoms with van der Waals surface area (Å²) < 4.78 is 0. The zero-order chi connectivity index (χ0) is 15.7. The Hall–Kier alpha value is -3.01. The molecule has 3 aromatic carbocycles. The van der Waals surface area contributed by atoms with Crippen LogP contribution < -0.4 is 0 Å². The first-order chi connectivity index (χ1) is 10.6. The molecule has 0 aliphatic carbocycles. The Morgan fingerprint density at radius 2 is 1.77 bits per heavy atom. The van der Waals surface area contributed by atoms with E-state index in [1.54, 1.807) is 6.07 Å². The maximum Gasteiger partial charge on any atom is 0.270 e. The Kier molecular flexibility index (Phi) is 3.43. The van der Waals surface area contributed by atoms with Crippen LogP contribution in [-0.4, -0.2) is 10.7 Å². The number of aryl methyl sites for hydroxylation is 1. The summed E-state index contributed by atoms with van der Waals surface area (Å²) in [5.74, 6) is -0.196. The molecule has 0 saturated carbocycles. The Labute approximate surface area is 127 Å². The predicted octanol–water partition coefficient (Wildman–Crippen LogP) is 4.29. The zero-order valence-corrected chi connectivity index (χ0v) is 11.9. The van der Waals surface area contributed by atoms with Gasteiger partial charge in [-0.25, -0.2) is 0 Å². The largest absolute Gasteiger partial charge is 0.289 e.